The van der Waals surface area contributed by atoms with Crippen LogP contribution in [0, 0.1) is 11.6 Å². The first-order chi connectivity index (χ1) is 17.7. The maximum atomic E-state index is 14.5. The fraction of sp³-hybridized carbons (Fsp3) is 0.154. The number of fused-ring (bicyclic) bond motifs is 1. The molecular formula is C26H19ClF2N4O3S. The molecule has 0 aliphatic carbocycles. The summed E-state index contributed by atoms with van der Waals surface area (Å²) in [7, 11) is 1.74. The lowest BCUT2D eigenvalue weighted by Crippen LogP contribution is -2.47. The number of rotatable bonds is 7. The summed E-state index contributed by atoms with van der Waals surface area (Å²) in [5.74, 6) is -2.87. The Morgan fingerprint density at radius 3 is 2.41 bits per heavy atom. The van der Waals surface area contributed by atoms with E-state index in [0.29, 0.717) is 15.6 Å². The molecule has 1 atom stereocenters. The topological polar surface area (TPSA) is 84.3 Å². The number of imide groups is 1. The largest absolute Gasteiger partial charge is 0.346 e. The summed E-state index contributed by atoms with van der Waals surface area (Å²) < 4.78 is 30.3. The predicted molar refractivity (Wildman–Crippen MR) is 135 cm³/mol. The molecule has 37 heavy (non-hydrogen) atoms. The van der Waals surface area contributed by atoms with Crippen molar-refractivity contribution in [3.05, 3.63) is 98.3 Å². The number of carbonyl (C=O) groups excluding carboxylic acids is 3. The summed E-state index contributed by atoms with van der Waals surface area (Å²) >= 11 is 7.44. The zero-order chi connectivity index (χ0) is 26.3. The van der Waals surface area contributed by atoms with Gasteiger partial charge in [0.2, 0.25) is 0 Å². The maximum absolute atomic E-state index is 14.5. The van der Waals surface area contributed by atoms with Crippen LogP contribution in [0.5, 0.6) is 0 Å². The molecule has 1 N–H and O–H groups in total. The van der Waals surface area contributed by atoms with Gasteiger partial charge in [-0.3, -0.25) is 24.0 Å². The minimum atomic E-state index is -0.910. The highest BCUT2D eigenvalue weighted by Gasteiger charge is 2.37. The number of aromatic nitrogens is 2. The van der Waals surface area contributed by atoms with Crippen LogP contribution in [0.2, 0.25) is 4.34 Å². The molecule has 1 aliphatic heterocycles. The highest BCUT2D eigenvalue weighted by atomic mass is 35.5. The van der Waals surface area contributed by atoms with Crippen LogP contribution < -0.4 is 5.32 Å². The average Bonchev–Trinajstić information content (AvgIpc) is 3.54. The number of nitrogens with one attached hydrogen (secondary N) is 1. The number of carbonyl (C=O) groups is 3. The van der Waals surface area contributed by atoms with Gasteiger partial charge in [0, 0.05) is 25.4 Å². The van der Waals surface area contributed by atoms with E-state index in [4.69, 9.17) is 11.6 Å². The first-order valence-electron chi connectivity index (χ1n) is 11.2. The first kappa shape index (κ1) is 24.8. The van der Waals surface area contributed by atoms with E-state index >= 15 is 0 Å². The van der Waals surface area contributed by atoms with E-state index in [1.807, 2.05) is 0 Å². The fourth-order valence-electron chi connectivity index (χ4n) is 4.30. The summed E-state index contributed by atoms with van der Waals surface area (Å²) in [5, 5.41) is 6.89. The minimum Gasteiger partial charge on any atom is -0.346 e. The van der Waals surface area contributed by atoms with Gasteiger partial charge in [-0.05, 0) is 54.4 Å². The van der Waals surface area contributed by atoms with Gasteiger partial charge < -0.3 is 5.32 Å². The van der Waals surface area contributed by atoms with Crippen molar-refractivity contribution in [1.82, 2.24) is 20.0 Å². The standard InChI is InChI=1S/C26H19ClF2N4O3S/c1-32-21(8-9-30-32)19-12-22(37-23(19)27)24(34)31-16(11-14-10-15(28)6-7-20(14)29)13-33-25(35)17-4-2-3-5-18(17)26(33)36/h2-10,12,16H,11,13H2,1H3,(H,31,34)/t16-/m0/s1. The van der Waals surface area contributed by atoms with E-state index < -0.39 is 35.4 Å². The molecule has 0 spiro atoms. The Labute approximate surface area is 219 Å². The second-order valence-electron chi connectivity index (χ2n) is 8.51. The van der Waals surface area contributed by atoms with Crippen molar-refractivity contribution in [2.24, 2.45) is 7.05 Å². The van der Waals surface area contributed by atoms with Crippen molar-refractivity contribution >= 4 is 40.7 Å². The van der Waals surface area contributed by atoms with Crippen LogP contribution in [0.3, 0.4) is 0 Å². The molecule has 5 rings (SSSR count). The number of hydrogen-bond acceptors (Lipinski definition) is 5. The van der Waals surface area contributed by atoms with Gasteiger partial charge >= 0.3 is 0 Å². The molecule has 2 aromatic heterocycles. The number of aryl methyl sites for hydroxylation is 1. The van der Waals surface area contributed by atoms with Crippen LogP contribution >= 0.6 is 22.9 Å². The van der Waals surface area contributed by atoms with E-state index in [2.05, 4.69) is 10.4 Å². The van der Waals surface area contributed by atoms with Crippen LogP contribution in [0.25, 0.3) is 11.3 Å². The van der Waals surface area contributed by atoms with Crippen LogP contribution in [0.1, 0.15) is 36.0 Å². The highest BCUT2D eigenvalue weighted by molar-refractivity contribution is 7.18. The molecule has 0 unspecified atom stereocenters. The number of thiophene rings is 1. The van der Waals surface area contributed by atoms with Crippen molar-refractivity contribution in [1.29, 1.82) is 0 Å². The number of amides is 3. The maximum Gasteiger partial charge on any atom is 0.261 e. The molecule has 3 amide bonds. The Bertz CT molecular complexity index is 1520. The zero-order valence-electron chi connectivity index (χ0n) is 19.4. The van der Waals surface area contributed by atoms with E-state index in [1.54, 1.807) is 54.3 Å². The second kappa shape index (κ2) is 9.87. The van der Waals surface area contributed by atoms with Crippen molar-refractivity contribution in [3.63, 3.8) is 0 Å². The van der Waals surface area contributed by atoms with E-state index in [1.165, 1.54) is 0 Å². The van der Waals surface area contributed by atoms with Gasteiger partial charge in [-0.25, -0.2) is 8.78 Å². The van der Waals surface area contributed by atoms with Crippen LogP contribution in [0.4, 0.5) is 8.78 Å². The third-order valence-corrected chi connectivity index (χ3v) is 7.46. The van der Waals surface area contributed by atoms with Crippen molar-refractivity contribution < 1.29 is 23.2 Å². The Hall–Kier alpha value is -3.89. The normalized spacial score (nSPS) is 13.7. The van der Waals surface area contributed by atoms with Crippen LogP contribution in [-0.4, -0.2) is 45.0 Å². The first-order valence-corrected chi connectivity index (χ1v) is 12.4. The van der Waals surface area contributed by atoms with Crippen molar-refractivity contribution in [3.8, 4) is 11.3 Å². The van der Waals surface area contributed by atoms with Gasteiger partial charge in [-0.2, -0.15) is 5.10 Å². The smallest absolute Gasteiger partial charge is 0.261 e. The molecule has 11 heteroatoms. The van der Waals surface area contributed by atoms with Gasteiger partial charge in [0.15, 0.2) is 0 Å². The van der Waals surface area contributed by atoms with E-state index in [-0.39, 0.29) is 34.5 Å². The zero-order valence-corrected chi connectivity index (χ0v) is 20.9. The molecule has 1 aliphatic rings. The molecule has 0 fully saturated rings. The SMILES string of the molecule is Cn1nccc1-c1cc(C(=O)N[C@@H](Cc2cc(F)ccc2F)CN2C(=O)c3ccccc3C2=O)sc1Cl. The van der Waals surface area contributed by atoms with Gasteiger partial charge in [0.25, 0.3) is 17.7 Å². The molecule has 4 aromatic rings. The third kappa shape index (κ3) is 4.77. The van der Waals surface area contributed by atoms with Crippen LogP contribution in [0.15, 0.2) is 60.8 Å². The molecule has 0 saturated heterocycles. The summed E-state index contributed by atoms with van der Waals surface area (Å²) in [6.07, 6.45) is 1.45. The molecule has 0 bridgehead atoms. The lowest BCUT2D eigenvalue weighted by atomic mass is 10.0. The van der Waals surface area contributed by atoms with Crippen LogP contribution in [-0.2, 0) is 13.5 Å². The summed E-state index contributed by atoms with van der Waals surface area (Å²) in [5.41, 5.74) is 1.83. The molecule has 0 saturated carbocycles. The Morgan fingerprint density at radius 2 is 1.76 bits per heavy atom. The molecular weight excluding hydrogens is 522 g/mol. The lowest BCUT2D eigenvalue weighted by molar-refractivity contribution is 0.0629. The summed E-state index contributed by atoms with van der Waals surface area (Å²) in [4.78, 5) is 40.4. The quantitative estimate of drug-likeness (QED) is 0.344. The molecule has 7 nitrogen and oxygen atoms in total. The summed E-state index contributed by atoms with van der Waals surface area (Å²) in [6, 6.07) is 11.9. The average molecular weight is 541 g/mol. The number of halogens is 3. The third-order valence-electron chi connectivity index (χ3n) is 6.10. The van der Waals surface area contributed by atoms with Crippen molar-refractivity contribution in [2.45, 2.75) is 12.5 Å². The highest BCUT2D eigenvalue weighted by Crippen LogP contribution is 2.35. The van der Waals surface area contributed by atoms with E-state index in [9.17, 15) is 23.2 Å². The summed E-state index contributed by atoms with van der Waals surface area (Å²) in [6.45, 7) is -0.234. The second-order valence-corrected chi connectivity index (χ2v) is 10.2. The van der Waals surface area contributed by atoms with Gasteiger partial charge in [-0.15, -0.1) is 11.3 Å². The molecule has 0 radical (unpaired) electrons. The Balaban J connectivity index is 1.43. The number of benzene rings is 2. The minimum absolute atomic E-state index is 0.00157. The molecule has 3 heterocycles. The van der Waals surface area contributed by atoms with Gasteiger partial charge in [0.05, 0.1) is 27.7 Å². The Kier molecular flexibility index (Phi) is 6.61. The van der Waals surface area contributed by atoms with E-state index in [0.717, 1.165) is 34.4 Å². The van der Waals surface area contributed by atoms with Crippen molar-refractivity contribution in [2.75, 3.05) is 6.54 Å². The lowest BCUT2D eigenvalue weighted by Gasteiger charge is -2.24. The monoisotopic (exact) mass is 540 g/mol. The van der Waals surface area contributed by atoms with Gasteiger partial charge in [-0.1, -0.05) is 23.7 Å². The molecule has 2 aromatic carbocycles. The van der Waals surface area contributed by atoms with Gasteiger partial charge in [0.1, 0.15) is 16.0 Å². The Morgan fingerprint density at radius 1 is 1.05 bits per heavy atom. The number of hydrogen-bond donors (Lipinski definition) is 1. The number of nitrogens with zero attached hydrogens (tertiary/aromatic N) is 3. The predicted octanol–water partition coefficient (Wildman–Crippen LogP) is 4.72. The molecule has 188 valence electrons. The fourth-order valence-corrected chi connectivity index (χ4v) is 5.50.